The van der Waals surface area contributed by atoms with Crippen LogP contribution >= 0.6 is 22.6 Å². The van der Waals surface area contributed by atoms with E-state index >= 15 is 4.39 Å². The summed E-state index contributed by atoms with van der Waals surface area (Å²) >= 11 is 1.90. The molecule has 0 radical (unpaired) electrons. The Morgan fingerprint density at radius 2 is 1.70 bits per heavy atom. The third-order valence-electron chi connectivity index (χ3n) is 11.3. The lowest BCUT2D eigenvalue weighted by Gasteiger charge is -2.54. The summed E-state index contributed by atoms with van der Waals surface area (Å²) < 4.78 is 50.3. The number of nitrogens with two attached hydrogens (primary N) is 1. The molecule has 2 aliphatic rings. The van der Waals surface area contributed by atoms with Gasteiger partial charge in [-0.1, -0.05) is 26.0 Å². The number of likely N-dealkylation sites (tertiary alicyclic amines) is 2. The average Bonchev–Trinajstić information content (AvgIpc) is 3.27. The zero-order chi connectivity index (χ0) is 48.1. The maximum Gasteiger partial charge on any atom is 0.410 e. The summed E-state index contributed by atoms with van der Waals surface area (Å²) in [7, 11) is 0. The molecule has 20 heteroatoms. The molecule has 16 nitrogen and oxygen atoms in total. The van der Waals surface area contributed by atoms with E-state index in [9.17, 15) is 42.7 Å². The molecule has 0 unspecified atom stereocenters. The van der Waals surface area contributed by atoms with Crippen molar-refractivity contribution < 1.29 is 51.8 Å². The fourth-order valence-electron chi connectivity index (χ4n) is 7.75. The van der Waals surface area contributed by atoms with Crippen molar-refractivity contribution in [1.82, 2.24) is 25.8 Å². The number of aliphatic hydroxyl groups is 1. The van der Waals surface area contributed by atoms with Crippen molar-refractivity contribution in [2.24, 2.45) is 11.7 Å². The van der Waals surface area contributed by atoms with Gasteiger partial charge in [0, 0.05) is 35.2 Å². The number of piperidine rings is 1. The van der Waals surface area contributed by atoms with Gasteiger partial charge in [-0.05, 0) is 115 Å². The highest BCUT2D eigenvalue weighted by atomic mass is 127. The first-order chi connectivity index (χ1) is 31.4. The minimum atomic E-state index is -1.54. The molecule has 7 amide bonds. The third-order valence-corrected chi connectivity index (χ3v) is 11.9. The monoisotopic (exact) mass is 1030 g/mol. The van der Waals surface area contributed by atoms with E-state index in [2.05, 4.69) is 32.5 Å². The van der Waals surface area contributed by atoms with Gasteiger partial charge in [0.2, 0.25) is 17.7 Å². The zero-order valence-corrected chi connectivity index (χ0v) is 38.7. The molecule has 3 aromatic rings. The van der Waals surface area contributed by atoms with Crippen molar-refractivity contribution in [3.05, 3.63) is 86.7 Å². The molecule has 0 aromatic heterocycles. The lowest BCUT2D eigenvalue weighted by atomic mass is 9.80. The average molecular weight is 1030 g/mol. The number of hydrogen-bond donors (Lipinski definition) is 7. The van der Waals surface area contributed by atoms with Gasteiger partial charge in [0.1, 0.15) is 30.1 Å². The van der Waals surface area contributed by atoms with Crippen molar-refractivity contribution in [2.75, 3.05) is 36.8 Å². The number of hydrogen-bond acceptors (Lipinski definition) is 9. The molecule has 2 heterocycles. The molecule has 0 bridgehead atoms. The maximum absolute atomic E-state index is 15.1. The summed E-state index contributed by atoms with van der Waals surface area (Å²) in [4.78, 5) is 80.5. The highest BCUT2D eigenvalue weighted by Gasteiger charge is 2.53. The van der Waals surface area contributed by atoms with Crippen molar-refractivity contribution in [1.29, 1.82) is 0 Å². The van der Waals surface area contributed by atoms with Crippen LogP contribution in [0.5, 0.6) is 0 Å². The third kappa shape index (κ3) is 13.5. The quantitative estimate of drug-likeness (QED) is 0.0447. The molecular formula is C46H54F3IN8O8. The van der Waals surface area contributed by atoms with E-state index in [0.29, 0.717) is 46.9 Å². The van der Waals surface area contributed by atoms with Gasteiger partial charge in [0.15, 0.2) is 11.6 Å². The van der Waals surface area contributed by atoms with Gasteiger partial charge >= 0.3 is 12.1 Å². The molecule has 3 aromatic carbocycles. The number of carbonyl (C=O) groups excluding carboxylic acids is 6. The van der Waals surface area contributed by atoms with Crippen LogP contribution in [-0.2, 0) is 25.7 Å². The standard InChI is InChI=1S/C46H54F3IN8O8/c1-4-5-6-12-37(59)56-39(27(2)3)42(61)55-35(10-9-21-52-44(51)63)41(60)53-30-16-13-28(14-17-30)24-66-45(64)58-22-8-7-11-36(58)46(65)25-57(26-46)43(62)31-18-19-32(47)38(49)40(31)54-34-20-15-29(50)23-33(34)48/h1,13-20,23,27,35-36,39,54,65H,5-12,21-22,24-26H2,2-3H3,(H,53,60)(H,55,61)(H,56,59)(H3,51,52,63)/t35-,36+,39-/m0/s1. The molecule has 354 valence electrons. The number of amides is 7. The molecule has 5 rings (SSSR count). The second-order valence-corrected chi connectivity index (χ2v) is 17.8. The number of urea groups is 1. The largest absolute Gasteiger partial charge is 0.445 e. The predicted octanol–water partition coefficient (Wildman–Crippen LogP) is 5.65. The lowest BCUT2D eigenvalue weighted by Crippen LogP contribution is -2.73. The summed E-state index contributed by atoms with van der Waals surface area (Å²) in [5.74, 6) is -3.42. The number of ether oxygens (including phenoxy) is 1. The summed E-state index contributed by atoms with van der Waals surface area (Å²) in [6, 6.07) is 8.92. The fraction of sp³-hybridized carbons (Fsp3) is 0.435. The molecule has 3 atom stereocenters. The van der Waals surface area contributed by atoms with E-state index in [-0.39, 0.29) is 75.1 Å². The molecule has 2 aliphatic heterocycles. The van der Waals surface area contributed by atoms with E-state index in [1.54, 1.807) is 44.2 Å². The smallest absolute Gasteiger partial charge is 0.410 e. The highest BCUT2D eigenvalue weighted by Crippen LogP contribution is 2.37. The van der Waals surface area contributed by atoms with E-state index < -0.39 is 76.7 Å². The predicted molar refractivity (Wildman–Crippen MR) is 247 cm³/mol. The van der Waals surface area contributed by atoms with Gasteiger partial charge in [-0.25, -0.2) is 22.8 Å². The maximum atomic E-state index is 15.1. The summed E-state index contributed by atoms with van der Waals surface area (Å²) in [5, 5.41) is 24.9. The van der Waals surface area contributed by atoms with Crippen LogP contribution in [0.2, 0.25) is 0 Å². The van der Waals surface area contributed by atoms with Crippen LogP contribution in [0.15, 0.2) is 54.6 Å². The number of benzene rings is 3. The number of rotatable bonds is 19. The van der Waals surface area contributed by atoms with Crippen LogP contribution in [0, 0.1) is 39.3 Å². The second kappa shape index (κ2) is 23.4. The Hall–Kier alpha value is -6.08. The first-order valence-electron chi connectivity index (χ1n) is 21.5. The van der Waals surface area contributed by atoms with Crippen molar-refractivity contribution >= 4 is 75.4 Å². The molecule has 0 saturated carbocycles. The Bertz CT molecular complexity index is 2310. The summed E-state index contributed by atoms with van der Waals surface area (Å²) in [5.41, 5.74) is 3.56. The SMILES string of the molecule is C#CCCCC(=O)N[C@H](C(=O)N[C@@H](CCCNC(N)=O)C(=O)Nc1ccc(COC(=O)N2CCCC[C@@H]2C2(O)CN(C(=O)c3ccc(F)c(F)c3Nc3ccc(I)cc3F)C2)cc1)C(C)C. The number of nitrogens with zero attached hydrogens (tertiary/aromatic N) is 2. The first kappa shape index (κ1) is 50.9. The minimum absolute atomic E-state index is 0.122. The molecule has 0 aliphatic carbocycles. The van der Waals surface area contributed by atoms with Crippen LogP contribution in [-0.4, -0.2) is 101 Å². The van der Waals surface area contributed by atoms with Gasteiger partial charge in [0.05, 0.1) is 36.1 Å². The second-order valence-electron chi connectivity index (χ2n) is 16.6. The van der Waals surface area contributed by atoms with E-state index in [1.807, 2.05) is 22.6 Å². The Morgan fingerprint density at radius 3 is 2.36 bits per heavy atom. The number of nitrogens with one attached hydrogen (secondary N) is 5. The number of anilines is 3. The van der Waals surface area contributed by atoms with Crippen LogP contribution < -0.4 is 32.3 Å². The van der Waals surface area contributed by atoms with Gasteiger partial charge < -0.3 is 52.0 Å². The first-order valence-corrected chi connectivity index (χ1v) is 22.6. The topological polar surface area (TPSA) is 225 Å². The number of unbranched alkanes of at least 4 members (excludes halogenated alkanes) is 1. The Kier molecular flexibility index (Phi) is 18.0. The lowest BCUT2D eigenvalue weighted by molar-refractivity contribution is -0.135. The van der Waals surface area contributed by atoms with E-state index in [0.717, 1.165) is 12.1 Å². The number of terminal acetylenes is 1. The molecule has 8 N–H and O–H groups in total. The molecular weight excluding hydrogens is 976 g/mol. The Morgan fingerprint density at radius 1 is 0.970 bits per heavy atom. The minimum Gasteiger partial charge on any atom is -0.445 e. The molecule has 0 spiro atoms. The molecule has 66 heavy (non-hydrogen) atoms. The number of halogens is 4. The van der Waals surface area contributed by atoms with Crippen LogP contribution in [0.1, 0.15) is 81.1 Å². The van der Waals surface area contributed by atoms with E-state index in [1.165, 1.54) is 21.9 Å². The van der Waals surface area contributed by atoms with Crippen molar-refractivity contribution in [3.63, 3.8) is 0 Å². The van der Waals surface area contributed by atoms with Crippen LogP contribution in [0.3, 0.4) is 0 Å². The summed E-state index contributed by atoms with van der Waals surface area (Å²) in [6.07, 6.45) is 7.72. The Labute approximate surface area is 394 Å². The molecule has 2 fully saturated rings. The van der Waals surface area contributed by atoms with Crippen molar-refractivity contribution in [2.45, 2.75) is 95.5 Å². The fourth-order valence-corrected chi connectivity index (χ4v) is 8.20. The molecule has 2 saturated heterocycles. The van der Waals surface area contributed by atoms with Gasteiger partial charge in [-0.3, -0.25) is 19.2 Å². The van der Waals surface area contributed by atoms with Crippen LogP contribution in [0.25, 0.3) is 0 Å². The number of β-amino-alcohol motifs (C(OH)–C–C–N with tert-alkyl or cyclic N) is 1. The van der Waals surface area contributed by atoms with Gasteiger partial charge in [-0.2, -0.15) is 0 Å². The number of carbonyl (C=O) groups is 6. The zero-order valence-electron chi connectivity index (χ0n) is 36.6. The van der Waals surface area contributed by atoms with Gasteiger partial charge in [0.25, 0.3) is 5.91 Å². The number of primary amides is 1. The van der Waals surface area contributed by atoms with E-state index in [4.69, 9.17) is 16.9 Å². The Balaban J connectivity index is 1.18. The normalized spacial score (nSPS) is 16.2. The highest BCUT2D eigenvalue weighted by molar-refractivity contribution is 14.1. The van der Waals surface area contributed by atoms with Crippen molar-refractivity contribution in [3.8, 4) is 12.3 Å². The summed E-state index contributed by atoms with van der Waals surface area (Å²) in [6.45, 7) is 3.33. The van der Waals surface area contributed by atoms with Crippen LogP contribution in [0.4, 0.5) is 39.8 Å². The van der Waals surface area contributed by atoms with Gasteiger partial charge in [-0.15, -0.1) is 12.3 Å².